The largest absolute Gasteiger partial charge is 0.373 e. The first-order chi connectivity index (χ1) is 7.31. The highest BCUT2D eigenvalue weighted by atomic mass is 32.2. The summed E-state index contributed by atoms with van der Waals surface area (Å²) in [7, 11) is 1.89. The van der Waals surface area contributed by atoms with Crippen LogP contribution in [-0.4, -0.2) is 33.8 Å². The summed E-state index contributed by atoms with van der Waals surface area (Å²) in [5.41, 5.74) is 0. The summed E-state index contributed by atoms with van der Waals surface area (Å²) in [5.74, 6) is 4.32. The van der Waals surface area contributed by atoms with Gasteiger partial charge in [0.2, 0.25) is 0 Å². The summed E-state index contributed by atoms with van der Waals surface area (Å²) in [6, 6.07) is 1.90. The first-order valence-corrected chi connectivity index (χ1v) is 7.15. The van der Waals surface area contributed by atoms with Gasteiger partial charge in [-0.05, 0) is 6.07 Å². The molecule has 1 N–H and O–H groups in total. The quantitative estimate of drug-likeness (QED) is 0.861. The Balaban J connectivity index is 2.19. The average Bonchev–Trinajstić information content (AvgIpc) is 2.30. The van der Waals surface area contributed by atoms with E-state index in [-0.39, 0.29) is 0 Å². The van der Waals surface area contributed by atoms with E-state index in [9.17, 15) is 0 Å². The van der Waals surface area contributed by atoms with Crippen LogP contribution in [-0.2, 0) is 0 Å². The molecule has 3 nitrogen and oxygen atoms in total. The third-order valence-electron chi connectivity index (χ3n) is 2.37. The third-order valence-corrected chi connectivity index (χ3v) is 5.46. The molecule has 2 unspecified atom stereocenters. The number of nitrogens with one attached hydrogen (secondary N) is 1. The van der Waals surface area contributed by atoms with Crippen molar-refractivity contribution in [1.82, 2.24) is 9.97 Å². The highest BCUT2D eigenvalue weighted by Gasteiger charge is 2.26. The SMILES string of the molecule is CNc1ccnc(C2SCCSC2C)n1. The lowest BCUT2D eigenvalue weighted by atomic mass is 10.3. The van der Waals surface area contributed by atoms with E-state index in [0.717, 1.165) is 11.6 Å². The molecule has 1 fully saturated rings. The van der Waals surface area contributed by atoms with Crippen LogP contribution in [0.4, 0.5) is 5.82 Å². The van der Waals surface area contributed by atoms with Gasteiger partial charge in [0.05, 0.1) is 5.25 Å². The summed E-state index contributed by atoms with van der Waals surface area (Å²) in [6.07, 6.45) is 1.83. The topological polar surface area (TPSA) is 37.8 Å². The Morgan fingerprint density at radius 1 is 1.40 bits per heavy atom. The molecule has 15 heavy (non-hydrogen) atoms. The summed E-state index contributed by atoms with van der Waals surface area (Å²) >= 11 is 3.98. The highest BCUT2D eigenvalue weighted by molar-refractivity contribution is 8.06. The Bertz CT molecular complexity index is 332. The van der Waals surface area contributed by atoms with Crippen LogP contribution in [0.1, 0.15) is 18.0 Å². The molecular formula is C10H15N3S2. The predicted octanol–water partition coefficient (Wildman–Crippen LogP) is 2.43. The average molecular weight is 241 g/mol. The van der Waals surface area contributed by atoms with Crippen molar-refractivity contribution in [2.75, 3.05) is 23.9 Å². The van der Waals surface area contributed by atoms with E-state index >= 15 is 0 Å². The number of hydrogen-bond acceptors (Lipinski definition) is 5. The second-order valence-corrected chi connectivity index (χ2v) is 6.15. The maximum absolute atomic E-state index is 4.51. The zero-order chi connectivity index (χ0) is 10.7. The summed E-state index contributed by atoms with van der Waals surface area (Å²) in [6.45, 7) is 2.26. The lowest BCUT2D eigenvalue weighted by Crippen LogP contribution is -2.18. The smallest absolute Gasteiger partial charge is 0.144 e. The second kappa shape index (κ2) is 5.07. The van der Waals surface area contributed by atoms with Crippen LogP contribution >= 0.6 is 23.5 Å². The molecule has 2 heterocycles. The van der Waals surface area contributed by atoms with Gasteiger partial charge in [0.25, 0.3) is 0 Å². The Hall–Kier alpha value is -0.420. The van der Waals surface area contributed by atoms with E-state index in [1.807, 2.05) is 42.8 Å². The number of hydrogen-bond donors (Lipinski definition) is 1. The molecule has 1 saturated heterocycles. The molecule has 0 aliphatic carbocycles. The zero-order valence-corrected chi connectivity index (χ0v) is 10.6. The molecule has 0 saturated carbocycles. The molecule has 0 spiro atoms. The Labute approximate surface area is 98.9 Å². The van der Waals surface area contributed by atoms with E-state index in [1.54, 1.807) is 0 Å². The molecular weight excluding hydrogens is 226 g/mol. The summed E-state index contributed by atoms with van der Waals surface area (Å²) < 4.78 is 0. The molecule has 0 bridgehead atoms. The molecule has 0 amide bonds. The van der Waals surface area contributed by atoms with Gasteiger partial charge < -0.3 is 5.32 Å². The molecule has 2 rings (SSSR count). The van der Waals surface area contributed by atoms with Crippen molar-refractivity contribution < 1.29 is 0 Å². The first-order valence-electron chi connectivity index (χ1n) is 5.05. The van der Waals surface area contributed by atoms with Crippen molar-refractivity contribution in [1.29, 1.82) is 0 Å². The van der Waals surface area contributed by atoms with E-state index < -0.39 is 0 Å². The standard InChI is InChI=1S/C10H15N3S2/c1-7-9(15-6-5-14-7)10-12-4-3-8(11-2)13-10/h3-4,7,9H,5-6H2,1-2H3,(H,11,12,13). The lowest BCUT2D eigenvalue weighted by Gasteiger charge is -2.26. The van der Waals surface area contributed by atoms with Crippen LogP contribution in [0.15, 0.2) is 12.3 Å². The number of thioether (sulfide) groups is 2. The van der Waals surface area contributed by atoms with E-state index in [2.05, 4.69) is 22.2 Å². The number of rotatable bonds is 2. The third kappa shape index (κ3) is 2.58. The fraction of sp³-hybridized carbons (Fsp3) is 0.600. The molecule has 0 aromatic carbocycles. The van der Waals surface area contributed by atoms with Crippen molar-refractivity contribution in [2.45, 2.75) is 17.4 Å². The molecule has 1 aromatic heterocycles. The maximum Gasteiger partial charge on any atom is 0.144 e. The fourth-order valence-corrected chi connectivity index (χ4v) is 4.26. The predicted molar refractivity (Wildman–Crippen MR) is 68.7 cm³/mol. The molecule has 1 aliphatic heterocycles. The Morgan fingerprint density at radius 2 is 2.20 bits per heavy atom. The molecule has 5 heteroatoms. The minimum Gasteiger partial charge on any atom is -0.373 e. The van der Waals surface area contributed by atoms with Gasteiger partial charge in [-0.3, -0.25) is 0 Å². The van der Waals surface area contributed by atoms with Gasteiger partial charge in [-0.15, -0.1) is 11.8 Å². The van der Waals surface area contributed by atoms with E-state index in [4.69, 9.17) is 0 Å². The lowest BCUT2D eigenvalue weighted by molar-refractivity contribution is 0.824. The van der Waals surface area contributed by atoms with Crippen LogP contribution in [0.3, 0.4) is 0 Å². The van der Waals surface area contributed by atoms with E-state index in [1.165, 1.54) is 11.5 Å². The molecule has 0 radical (unpaired) electrons. The summed E-state index contributed by atoms with van der Waals surface area (Å²) in [5, 5.41) is 4.10. The van der Waals surface area contributed by atoms with Crippen molar-refractivity contribution in [3.05, 3.63) is 18.1 Å². The first kappa shape index (κ1) is 11.1. The van der Waals surface area contributed by atoms with Gasteiger partial charge in [0.1, 0.15) is 11.6 Å². The van der Waals surface area contributed by atoms with Gasteiger partial charge in [0, 0.05) is 30.0 Å². The van der Waals surface area contributed by atoms with Gasteiger partial charge in [-0.1, -0.05) is 6.92 Å². The Kier molecular flexibility index (Phi) is 3.75. The summed E-state index contributed by atoms with van der Waals surface area (Å²) in [4.78, 5) is 8.89. The number of anilines is 1. The van der Waals surface area contributed by atoms with Crippen LogP contribution < -0.4 is 5.32 Å². The number of aromatic nitrogens is 2. The van der Waals surface area contributed by atoms with Crippen molar-refractivity contribution in [2.24, 2.45) is 0 Å². The minimum atomic E-state index is 0.442. The van der Waals surface area contributed by atoms with Crippen LogP contribution in [0.5, 0.6) is 0 Å². The van der Waals surface area contributed by atoms with Crippen molar-refractivity contribution in [3.63, 3.8) is 0 Å². The van der Waals surface area contributed by atoms with Gasteiger partial charge in [0.15, 0.2) is 0 Å². The van der Waals surface area contributed by atoms with Gasteiger partial charge >= 0.3 is 0 Å². The minimum absolute atomic E-state index is 0.442. The monoisotopic (exact) mass is 241 g/mol. The molecule has 1 aromatic rings. The van der Waals surface area contributed by atoms with Crippen LogP contribution in [0.25, 0.3) is 0 Å². The fourth-order valence-electron chi connectivity index (χ4n) is 1.57. The zero-order valence-electron chi connectivity index (χ0n) is 8.93. The highest BCUT2D eigenvalue weighted by Crippen LogP contribution is 2.40. The molecule has 82 valence electrons. The normalized spacial score (nSPS) is 26.3. The Morgan fingerprint density at radius 3 is 2.93 bits per heavy atom. The van der Waals surface area contributed by atoms with Crippen molar-refractivity contribution >= 4 is 29.3 Å². The van der Waals surface area contributed by atoms with E-state index in [0.29, 0.717) is 10.5 Å². The second-order valence-electron chi connectivity index (χ2n) is 3.42. The number of nitrogens with zero attached hydrogens (tertiary/aromatic N) is 2. The molecule has 2 atom stereocenters. The van der Waals surface area contributed by atoms with Crippen LogP contribution in [0.2, 0.25) is 0 Å². The van der Waals surface area contributed by atoms with Gasteiger partial charge in [-0.2, -0.15) is 11.8 Å². The van der Waals surface area contributed by atoms with Crippen LogP contribution in [0, 0.1) is 0 Å². The maximum atomic E-state index is 4.51. The van der Waals surface area contributed by atoms with Gasteiger partial charge in [-0.25, -0.2) is 9.97 Å². The molecule has 1 aliphatic rings. The van der Waals surface area contributed by atoms with Crippen molar-refractivity contribution in [3.8, 4) is 0 Å².